The van der Waals surface area contributed by atoms with Crippen molar-refractivity contribution in [1.82, 2.24) is 9.55 Å². The number of thioether (sulfide) groups is 1. The molecule has 150 valence electrons. The predicted molar refractivity (Wildman–Crippen MR) is 92.4 cm³/mol. The monoisotopic (exact) mass is 404 g/mol. The average Bonchev–Trinajstić information content (AvgIpc) is 3.15. The van der Waals surface area contributed by atoms with Crippen LogP contribution in [0.3, 0.4) is 0 Å². The number of rotatable bonds is 6. The molecule has 2 aliphatic rings. The molecule has 0 spiro atoms. The number of carboxylic acid groups (broad SMARTS) is 1. The predicted octanol–water partition coefficient (Wildman–Crippen LogP) is -3.52. The summed E-state index contributed by atoms with van der Waals surface area (Å²) in [5.41, 5.74) is 11.2. The van der Waals surface area contributed by atoms with E-state index in [0.717, 1.165) is 11.8 Å². The van der Waals surface area contributed by atoms with Crippen molar-refractivity contribution in [3.05, 3.63) is 12.0 Å². The maximum absolute atomic E-state index is 10.9. The van der Waals surface area contributed by atoms with Crippen LogP contribution in [0.2, 0.25) is 0 Å². The van der Waals surface area contributed by atoms with Crippen LogP contribution in [0.15, 0.2) is 11.3 Å². The van der Waals surface area contributed by atoms with E-state index in [1.54, 1.807) is 0 Å². The van der Waals surface area contributed by atoms with Gasteiger partial charge in [-0.15, -0.1) is 0 Å². The third-order valence-corrected chi connectivity index (χ3v) is 5.41. The molecular weight excluding hydrogens is 384 g/mol. The van der Waals surface area contributed by atoms with Gasteiger partial charge in [0.15, 0.2) is 12.2 Å². The van der Waals surface area contributed by atoms with E-state index >= 15 is 0 Å². The van der Waals surface area contributed by atoms with Crippen LogP contribution in [0, 0.1) is 0 Å². The van der Waals surface area contributed by atoms with E-state index in [-0.39, 0.29) is 23.2 Å². The minimum absolute atomic E-state index is 0.00275. The highest BCUT2D eigenvalue weighted by atomic mass is 32.2. The van der Waals surface area contributed by atoms with Crippen molar-refractivity contribution in [2.75, 3.05) is 17.7 Å². The van der Waals surface area contributed by atoms with E-state index in [9.17, 15) is 25.2 Å². The van der Waals surface area contributed by atoms with Gasteiger partial charge in [-0.1, -0.05) is 11.8 Å². The molecule has 6 atom stereocenters. The van der Waals surface area contributed by atoms with Gasteiger partial charge in [-0.3, -0.25) is 9.36 Å². The first kappa shape index (κ1) is 19.8. The fourth-order valence-corrected chi connectivity index (χ4v) is 3.77. The normalized spacial score (nSPS) is 33.9. The summed E-state index contributed by atoms with van der Waals surface area (Å²) in [6, 6.07) is -1.24. The zero-order chi connectivity index (χ0) is 19.9. The van der Waals surface area contributed by atoms with Crippen molar-refractivity contribution >= 4 is 29.5 Å². The summed E-state index contributed by atoms with van der Waals surface area (Å²) < 4.78 is 6.74. The summed E-state index contributed by atoms with van der Waals surface area (Å²) >= 11 is 0.719. The molecule has 0 aliphatic carbocycles. The Morgan fingerprint density at radius 2 is 2.19 bits per heavy atom. The van der Waals surface area contributed by atoms with Crippen LogP contribution in [0.4, 0.5) is 5.82 Å². The second-order valence-electron chi connectivity index (χ2n) is 6.06. The number of hydrogen-bond donors (Lipinski definition) is 8. The van der Waals surface area contributed by atoms with Crippen molar-refractivity contribution in [2.45, 2.75) is 35.6 Å². The minimum Gasteiger partial charge on any atom is -0.480 e. The van der Waals surface area contributed by atoms with Crippen LogP contribution in [-0.2, 0) is 14.6 Å². The van der Waals surface area contributed by atoms with Gasteiger partial charge in [0, 0.05) is 5.75 Å². The van der Waals surface area contributed by atoms with E-state index in [1.807, 2.05) is 0 Å². The molecule has 3 heterocycles. The summed E-state index contributed by atoms with van der Waals surface area (Å²) in [6.45, 7) is -0.504. The van der Waals surface area contributed by atoms with Gasteiger partial charge < -0.3 is 47.1 Å². The van der Waals surface area contributed by atoms with Gasteiger partial charge in [-0.25, -0.2) is 9.98 Å². The number of nitrogens with zero attached hydrogens (tertiary/aromatic N) is 3. The molecule has 1 aromatic heterocycles. The number of aliphatic carboxylic acids is 1. The van der Waals surface area contributed by atoms with Crippen LogP contribution in [0.5, 0.6) is 0 Å². The standard InChI is InChI=1S/C13H20N6O7S/c14-4(11(23)24)2-27-13(25)8-9(17-12(15)18-13)19(3-16-8)10-7(22)6(21)5(1-20)26-10/h3-7,10,20-22,25H,1-2,14H2,(H,23,24)(H3,15,17,18)/t4-,5+,6+,7+,10+,13?/m0/s1. The lowest BCUT2D eigenvalue weighted by atomic mass is 10.1. The Hall–Kier alpha value is -1.94. The molecule has 1 unspecified atom stereocenters. The zero-order valence-corrected chi connectivity index (χ0v) is 14.7. The third-order valence-electron chi connectivity index (χ3n) is 4.19. The topological polar surface area (TPSA) is 222 Å². The lowest BCUT2D eigenvalue weighted by molar-refractivity contribution is -0.137. The number of ether oxygens (including phenoxy) is 1. The molecular formula is C13H20N6O7S. The van der Waals surface area contributed by atoms with Gasteiger partial charge in [0.25, 0.3) is 5.06 Å². The number of fused-ring (bicyclic) bond motifs is 1. The molecule has 10 N–H and O–H groups in total. The Kier molecular flexibility index (Phi) is 5.31. The van der Waals surface area contributed by atoms with Crippen molar-refractivity contribution in [2.24, 2.45) is 16.5 Å². The fourth-order valence-electron chi connectivity index (χ4n) is 2.77. The van der Waals surface area contributed by atoms with Gasteiger partial charge >= 0.3 is 5.97 Å². The number of aliphatic imine (C=N–C) groups is 1. The largest absolute Gasteiger partial charge is 0.480 e. The first-order valence-electron chi connectivity index (χ1n) is 7.84. The molecule has 0 saturated carbocycles. The lowest BCUT2D eigenvalue weighted by Gasteiger charge is -2.29. The zero-order valence-electron chi connectivity index (χ0n) is 13.8. The molecule has 3 rings (SSSR count). The second kappa shape index (κ2) is 7.23. The first-order valence-corrected chi connectivity index (χ1v) is 8.83. The molecule has 0 aromatic carbocycles. The number of aliphatic hydroxyl groups excluding tert-OH is 3. The number of nitrogens with two attached hydrogens (primary N) is 2. The average molecular weight is 404 g/mol. The summed E-state index contributed by atoms with van der Waals surface area (Å²) in [4.78, 5) is 18.8. The number of anilines is 1. The maximum Gasteiger partial charge on any atom is 0.321 e. The molecule has 13 nitrogen and oxygen atoms in total. The Morgan fingerprint density at radius 1 is 1.48 bits per heavy atom. The molecule has 0 bridgehead atoms. The SMILES string of the molecule is NC1=NC(O)(SC[C@H](N)C(=O)O)c2ncn([C@@H]3O[C@H](CO)[C@@H](O)[C@H]3O)c2N1. The van der Waals surface area contributed by atoms with Gasteiger partial charge in [0.2, 0.25) is 0 Å². The molecule has 27 heavy (non-hydrogen) atoms. The van der Waals surface area contributed by atoms with Crippen LogP contribution >= 0.6 is 11.8 Å². The molecule has 0 amide bonds. The Bertz CT molecular complexity index is 760. The van der Waals surface area contributed by atoms with Gasteiger partial charge in [-0.2, -0.15) is 0 Å². The number of carboxylic acids is 1. The smallest absolute Gasteiger partial charge is 0.321 e. The molecule has 1 fully saturated rings. The van der Waals surface area contributed by atoms with E-state index in [0.29, 0.717) is 0 Å². The number of nitrogens with one attached hydrogen (secondary N) is 1. The van der Waals surface area contributed by atoms with E-state index in [1.165, 1.54) is 10.9 Å². The Labute approximate surface area is 156 Å². The highest BCUT2D eigenvalue weighted by Crippen LogP contribution is 2.43. The van der Waals surface area contributed by atoms with Gasteiger partial charge in [0.1, 0.15) is 35.9 Å². The molecule has 14 heteroatoms. The highest BCUT2D eigenvalue weighted by Gasteiger charge is 2.47. The quantitative estimate of drug-likeness (QED) is 0.216. The Morgan fingerprint density at radius 3 is 2.78 bits per heavy atom. The van der Waals surface area contributed by atoms with Gasteiger partial charge in [-0.05, 0) is 0 Å². The summed E-state index contributed by atoms with van der Waals surface area (Å²) in [5.74, 6) is -1.47. The number of guanidine groups is 1. The van der Waals surface area contributed by atoms with Crippen LogP contribution in [0.1, 0.15) is 11.9 Å². The van der Waals surface area contributed by atoms with Crippen LogP contribution in [0.25, 0.3) is 0 Å². The number of carbonyl (C=O) groups is 1. The fraction of sp³-hybridized carbons (Fsp3) is 0.615. The maximum atomic E-state index is 10.9. The van der Waals surface area contributed by atoms with Crippen LogP contribution < -0.4 is 16.8 Å². The number of aromatic nitrogens is 2. The summed E-state index contributed by atoms with van der Waals surface area (Å²) in [6.07, 6.45) is -3.57. The number of hydrogen-bond acceptors (Lipinski definition) is 12. The molecule has 1 saturated heterocycles. The van der Waals surface area contributed by atoms with E-state index in [4.69, 9.17) is 21.3 Å². The third kappa shape index (κ3) is 3.47. The van der Waals surface area contributed by atoms with Gasteiger partial charge in [0.05, 0.1) is 12.9 Å². The lowest BCUT2D eigenvalue weighted by Crippen LogP contribution is -2.39. The molecule has 1 aromatic rings. The van der Waals surface area contributed by atoms with Crippen molar-refractivity contribution in [3.8, 4) is 0 Å². The first-order chi connectivity index (χ1) is 12.7. The second-order valence-corrected chi connectivity index (χ2v) is 7.26. The van der Waals surface area contributed by atoms with E-state index in [2.05, 4.69) is 15.3 Å². The summed E-state index contributed by atoms with van der Waals surface area (Å²) in [5, 5.41) is 49.7. The highest BCUT2D eigenvalue weighted by molar-refractivity contribution is 8.00. The van der Waals surface area contributed by atoms with E-state index < -0.39 is 48.2 Å². The van der Waals surface area contributed by atoms with Crippen molar-refractivity contribution in [1.29, 1.82) is 0 Å². The van der Waals surface area contributed by atoms with Crippen molar-refractivity contribution in [3.63, 3.8) is 0 Å². The van der Waals surface area contributed by atoms with Crippen molar-refractivity contribution < 1.29 is 35.1 Å². The number of imidazole rings is 1. The van der Waals surface area contributed by atoms with Crippen LogP contribution in [-0.4, -0.2) is 83.7 Å². The number of aliphatic hydroxyl groups is 4. The molecule has 2 aliphatic heterocycles. The summed E-state index contributed by atoms with van der Waals surface area (Å²) in [7, 11) is 0. The molecule has 0 radical (unpaired) electrons. The minimum atomic E-state index is -2.01. The Balaban J connectivity index is 1.90.